The molecule has 3 atom stereocenters. The third-order valence-corrected chi connectivity index (χ3v) is 7.14. The van der Waals surface area contributed by atoms with Crippen molar-refractivity contribution in [3.05, 3.63) is 41.3 Å². The van der Waals surface area contributed by atoms with Crippen LogP contribution in [0.25, 0.3) is 0 Å². The minimum Gasteiger partial charge on any atom is -0.480 e. The van der Waals surface area contributed by atoms with Crippen molar-refractivity contribution in [3.8, 4) is 5.75 Å². The predicted octanol–water partition coefficient (Wildman–Crippen LogP) is 3.13. The molecule has 1 amide bonds. The first kappa shape index (κ1) is 21.7. The van der Waals surface area contributed by atoms with Crippen LogP contribution < -0.4 is 4.74 Å². The van der Waals surface area contributed by atoms with Crippen LogP contribution in [-0.4, -0.2) is 56.0 Å². The van der Waals surface area contributed by atoms with Crippen LogP contribution in [0.3, 0.4) is 0 Å². The van der Waals surface area contributed by atoms with Gasteiger partial charge < -0.3 is 14.2 Å². The van der Waals surface area contributed by atoms with E-state index in [9.17, 15) is 26.4 Å². The van der Waals surface area contributed by atoms with Crippen molar-refractivity contribution in [1.29, 1.82) is 0 Å². The molecule has 31 heavy (non-hydrogen) atoms. The van der Waals surface area contributed by atoms with Crippen LogP contribution in [-0.2, 0) is 15.3 Å². The molecule has 4 rings (SSSR count). The number of halogens is 3. The van der Waals surface area contributed by atoms with Gasteiger partial charge in [-0.25, -0.2) is 8.42 Å². The highest BCUT2D eigenvalue weighted by molar-refractivity contribution is 7.90. The Kier molecular flexibility index (Phi) is 4.87. The number of carbonyl (C=O) groups excluding carboxylic acids is 1. The molecular weight excluding hydrogens is 437 g/mol. The smallest absolute Gasteiger partial charge is 0.425 e. The first-order valence-electron chi connectivity index (χ1n) is 9.61. The number of aromatic nitrogens is 1. The summed E-state index contributed by atoms with van der Waals surface area (Å²) in [6.07, 6.45) is -3.48. The number of amides is 1. The third kappa shape index (κ3) is 3.79. The van der Waals surface area contributed by atoms with Crippen molar-refractivity contribution in [2.24, 2.45) is 5.92 Å². The van der Waals surface area contributed by atoms with Gasteiger partial charge in [-0.15, -0.1) is 0 Å². The topological polar surface area (TPSA) is 89.7 Å². The molecule has 2 heterocycles. The molecule has 2 aromatic rings. The number of ether oxygens (including phenoxy) is 1. The van der Waals surface area contributed by atoms with Crippen molar-refractivity contribution in [2.45, 2.75) is 42.9 Å². The summed E-state index contributed by atoms with van der Waals surface area (Å²) in [4.78, 5) is 14.6. The van der Waals surface area contributed by atoms with Gasteiger partial charge in [0.05, 0.1) is 16.2 Å². The molecule has 2 unspecified atom stereocenters. The van der Waals surface area contributed by atoms with E-state index in [0.29, 0.717) is 13.1 Å². The summed E-state index contributed by atoms with van der Waals surface area (Å²) in [6, 6.07) is 3.31. The Bertz CT molecular complexity index is 1140. The van der Waals surface area contributed by atoms with Crippen LogP contribution in [0.2, 0.25) is 0 Å². The van der Waals surface area contributed by atoms with E-state index < -0.39 is 28.0 Å². The Morgan fingerprint density at radius 2 is 2.10 bits per heavy atom. The van der Waals surface area contributed by atoms with Gasteiger partial charge in [-0.1, -0.05) is 5.16 Å². The largest absolute Gasteiger partial charge is 0.480 e. The second-order valence-corrected chi connectivity index (χ2v) is 10.3. The zero-order valence-corrected chi connectivity index (χ0v) is 17.9. The van der Waals surface area contributed by atoms with Crippen molar-refractivity contribution in [1.82, 2.24) is 10.1 Å². The van der Waals surface area contributed by atoms with Gasteiger partial charge in [0.15, 0.2) is 15.9 Å². The monoisotopic (exact) mass is 458 g/mol. The van der Waals surface area contributed by atoms with Crippen LogP contribution in [0.4, 0.5) is 13.2 Å². The molecule has 1 saturated heterocycles. The van der Waals surface area contributed by atoms with E-state index in [2.05, 4.69) is 5.16 Å². The summed E-state index contributed by atoms with van der Waals surface area (Å²) in [5.74, 6) is -0.728. The van der Waals surface area contributed by atoms with Crippen molar-refractivity contribution in [3.63, 3.8) is 0 Å². The quantitative estimate of drug-likeness (QED) is 0.684. The van der Waals surface area contributed by atoms with Gasteiger partial charge in [-0.2, -0.15) is 13.2 Å². The molecule has 1 aliphatic heterocycles. The van der Waals surface area contributed by atoms with Gasteiger partial charge in [0, 0.05) is 30.3 Å². The van der Waals surface area contributed by atoms with E-state index in [1.54, 1.807) is 0 Å². The number of benzene rings is 1. The Hall–Kier alpha value is -2.56. The molecule has 168 valence electrons. The van der Waals surface area contributed by atoms with Crippen LogP contribution in [0.15, 0.2) is 33.9 Å². The van der Waals surface area contributed by atoms with Crippen molar-refractivity contribution < 1.29 is 35.6 Å². The van der Waals surface area contributed by atoms with E-state index in [1.165, 1.54) is 11.2 Å². The number of piperidine rings is 1. The van der Waals surface area contributed by atoms with Crippen LogP contribution >= 0.6 is 0 Å². The number of alkyl halides is 3. The number of likely N-dealkylation sites (tertiary alicyclic amines) is 1. The summed E-state index contributed by atoms with van der Waals surface area (Å²) >= 11 is 0. The van der Waals surface area contributed by atoms with Gasteiger partial charge in [0.1, 0.15) is 12.0 Å². The molecule has 0 N–H and O–H groups in total. The number of hydrogen-bond donors (Lipinski definition) is 0. The number of hydrogen-bond acceptors (Lipinski definition) is 6. The number of rotatable bonds is 5. The Labute approximate surface area is 177 Å². The maximum absolute atomic E-state index is 13.3. The summed E-state index contributed by atoms with van der Waals surface area (Å²) in [7, 11) is -3.68. The second-order valence-electron chi connectivity index (χ2n) is 8.32. The summed E-state index contributed by atoms with van der Waals surface area (Å²) in [5.41, 5.74) is 1.10. The maximum Gasteiger partial charge on any atom is 0.425 e. The molecule has 2 fully saturated rings. The average Bonchev–Trinajstić information content (AvgIpc) is 2.98. The molecule has 11 heteroatoms. The summed E-state index contributed by atoms with van der Waals surface area (Å²) in [5, 5.41) is 4.07. The summed E-state index contributed by atoms with van der Waals surface area (Å²) < 4.78 is 73.0. The minimum atomic E-state index is -4.64. The minimum absolute atomic E-state index is 0.164. The second kappa shape index (κ2) is 6.98. The number of nitrogens with zero attached hydrogens (tertiary/aromatic N) is 2. The van der Waals surface area contributed by atoms with E-state index in [0.717, 1.165) is 49.1 Å². The predicted molar refractivity (Wildman–Crippen MR) is 103 cm³/mol. The van der Waals surface area contributed by atoms with Gasteiger partial charge in [0.25, 0.3) is 5.91 Å². The standard InChI is InChI=1S/C20H21F3N2O5S/c1-11-9-29-24-17(11)19-7-13(19)8-25(10-19)18(26)15-6-14(31(3,27)28)4-5-16(15)30-12(2)20(21,22)23/h4-6,9,12-13H,7-8,10H2,1-3H3/t12-,13?,19?/m0/s1. The molecule has 1 aromatic carbocycles. The lowest BCUT2D eigenvalue weighted by Crippen LogP contribution is -2.35. The van der Waals surface area contributed by atoms with Crippen LogP contribution in [0.5, 0.6) is 5.75 Å². The van der Waals surface area contributed by atoms with Gasteiger partial charge in [-0.05, 0) is 44.4 Å². The third-order valence-electron chi connectivity index (χ3n) is 6.03. The van der Waals surface area contributed by atoms with Crippen molar-refractivity contribution in [2.75, 3.05) is 19.3 Å². The van der Waals surface area contributed by atoms with Gasteiger partial charge in [-0.3, -0.25) is 4.79 Å². The van der Waals surface area contributed by atoms with Crippen molar-refractivity contribution >= 4 is 15.7 Å². The number of carbonyl (C=O) groups is 1. The molecule has 7 nitrogen and oxygen atoms in total. The number of aryl methyl sites for hydroxylation is 1. The van der Waals surface area contributed by atoms with E-state index in [-0.39, 0.29) is 27.5 Å². The molecular formula is C20H21F3N2O5S. The molecule has 2 aliphatic rings. The van der Waals surface area contributed by atoms with E-state index in [1.807, 2.05) is 6.92 Å². The molecule has 1 aromatic heterocycles. The molecule has 1 aliphatic carbocycles. The van der Waals surface area contributed by atoms with Gasteiger partial charge >= 0.3 is 6.18 Å². The molecule has 0 spiro atoms. The average molecular weight is 458 g/mol. The molecule has 0 radical (unpaired) electrons. The molecule has 1 saturated carbocycles. The van der Waals surface area contributed by atoms with Crippen LogP contribution in [0, 0.1) is 12.8 Å². The first-order chi connectivity index (χ1) is 14.3. The Balaban J connectivity index is 1.66. The SMILES string of the molecule is Cc1conc1C12CC1CN(C(=O)c1cc(S(C)(=O)=O)ccc1O[C@@H](C)C(F)(F)F)C2. The zero-order valence-electron chi connectivity index (χ0n) is 17.1. The van der Waals surface area contributed by atoms with Gasteiger partial charge in [0.2, 0.25) is 0 Å². The molecule has 0 bridgehead atoms. The highest BCUT2D eigenvalue weighted by atomic mass is 32.2. The van der Waals surface area contributed by atoms with E-state index >= 15 is 0 Å². The lowest BCUT2D eigenvalue weighted by atomic mass is 9.98. The summed E-state index contributed by atoms with van der Waals surface area (Å²) in [6.45, 7) is 3.40. The maximum atomic E-state index is 13.3. The highest BCUT2D eigenvalue weighted by Crippen LogP contribution is 2.59. The Morgan fingerprint density at radius 3 is 2.68 bits per heavy atom. The fourth-order valence-corrected chi connectivity index (χ4v) is 4.86. The normalized spacial score (nSPS) is 24.1. The lowest BCUT2D eigenvalue weighted by Gasteiger charge is -2.24. The fourth-order valence-electron chi connectivity index (χ4n) is 4.21. The Morgan fingerprint density at radius 1 is 1.39 bits per heavy atom. The highest BCUT2D eigenvalue weighted by Gasteiger charge is 2.64. The number of sulfone groups is 1. The fraction of sp³-hybridized carbons (Fsp3) is 0.500. The number of fused-ring (bicyclic) bond motifs is 1. The van der Waals surface area contributed by atoms with Crippen LogP contribution in [0.1, 0.15) is 35.0 Å². The lowest BCUT2D eigenvalue weighted by molar-refractivity contribution is -0.189. The van der Waals surface area contributed by atoms with E-state index in [4.69, 9.17) is 9.26 Å². The zero-order chi connectivity index (χ0) is 22.8. The first-order valence-corrected chi connectivity index (χ1v) is 11.5.